The maximum absolute atomic E-state index is 5.55. The Morgan fingerprint density at radius 3 is 2.71 bits per heavy atom. The van der Waals surface area contributed by atoms with Crippen LogP contribution in [0.2, 0.25) is 0 Å². The van der Waals surface area contributed by atoms with Gasteiger partial charge in [0, 0.05) is 38.3 Å². The van der Waals surface area contributed by atoms with E-state index in [1.807, 2.05) is 0 Å². The van der Waals surface area contributed by atoms with Gasteiger partial charge in [-0.1, -0.05) is 6.92 Å². The van der Waals surface area contributed by atoms with Crippen molar-refractivity contribution in [1.82, 2.24) is 10.2 Å². The average molecular weight is 244 g/mol. The molecule has 0 spiro atoms. The normalized spacial score (nSPS) is 25.1. The zero-order chi connectivity index (χ0) is 12.7. The molecule has 0 aliphatic carbocycles. The molecule has 0 saturated carbocycles. The zero-order valence-corrected chi connectivity index (χ0v) is 11.8. The van der Waals surface area contributed by atoms with Crippen molar-refractivity contribution >= 4 is 0 Å². The van der Waals surface area contributed by atoms with Crippen LogP contribution in [-0.2, 0) is 9.47 Å². The summed E-state index contributed by atoms with van der Waals surface area (Å²) in [7, 11) is 1.70. The lowest BCUT2D eigenvalue weighted by molar-refractivity contribution is 0.0152. The van der Waals surface area contributed by atoms with Gasteiger partial charge in [0.2, 0.25) is 0 Å². The molecule has 1 N–H and O–H groups in total. The third-order valence-electron chi connectivity index (χ3n) is 3.55. The highest BCUT2D eigenvalue weighted by Crippen LogP contribution is 2.18. The molecule has 0 radical (unpaired) electrons. The predicted octanol–water partition coefficient (Wildman–Crippen LogP) is 1.11. The molecule has 1 fully saturated rings. The van der Waals surface area contributed by atoms with Gasteiger partial charge < -0.3 is 14.8 Å². The Labute approximate surface area is 106 Å². The third kappa shape index (κ3) is 4.92. The SMILES string of the molecule is CCC1CN(CCOCCOC)C(C)(C)CN1. The highest BCUT2D eigenvalue weighted by molar-refractivity contribution is 4.92. The van der Waals surface area contributed by atoms with Crippen LogP contribution in [0.4, 0.5) is 0 Å². The molecule has 4 nitrogen and oxygen atoms in total. The Morgan fingerprint density at radius 1 is 1.29 bits per heavy atom. The summed E-state index contributed by atoms with van der Waals surface area (Å²) in [5.74, 6) is 0. The monoisotopic (exact) mass is 244 g/mol. The second-order valence-corrected chi connectivity index (χ2v) is 5.35. The van der Waals surface area contributed by atoms with Crippen molar-refractivity contribution in [1.29, 1.82) is 0 Å². The molecule has 1 rings (SSSR count). The Bertz CT molecular complexity index is 210. The van der Waals surface area contributed by atoms with Crippen LogP contribution >= 0.6 is 0 Å². The second-order valence-electron chi connectivity index (χ2n) is 5.35. The van der Waals surface area contributed by atoms with Gasteiger partial charge in [-0.15, -0.1) is 0 Å². The van der Waals surface area contributed by atoms with Crippen LogP contribution in [0.5, 0.6) is 0 Å². The van der Waals surface area contributed by atoms with Gasteiger partial charge in [-0.25, -0.2) is 0 Å². The van der Waals surface area contributed by atoms with Gasteiger partial charge in [0.15, 0.2) is 0 Å². The first-order chi connectivity index (χ1) is 8.10. The number of ether oxygens (including phenoxy) is 2. The molecule has 4 heteroatoms. The molecule has 0 aromatic rings. The van der Waals surface area contributed by atoms with Crippen molar-refractivity contribution in [3.8, 4) is 0 Å². The number of nitrogens with zero attached hydrogens (tertiary/aromatic N) is 1. The summed E-state index contributed by atoms with van der Waals surface area (Å²) in [6.45, 7) is 12.2. The van der Waals surface area contributed by atoms with Gasteiger partial charge in [-0.2, -0.15) is 0 Å². The molecule has 102 valence electrons. The number of hydrogen-bond acceptors (Lipinski definition) is 4. The average Bonchev–Trinajstić information content (AvgIpc) is 2.30. The standard InChI is InChI=1S/C13H28N2O2/c1-5-12-10-15(13(2,3)11-14-12)6-7-17-9-8-16-4/h12,14H,5-11H2,1-4H3. The van der Waals surface area contributed by atoms with E-state index in [0.29, 0.717) is 19.3 Å². The van der Waals surface area contributed by atoms with E-state index in [1.54, 1.807) is 7.11 Å². The maximum Gasteiger partial charge on any atom is 0.0700 e. The van der Waals surface area contributed by atoms with E-state index in [9.17, 15) is 0 Å². The Balaban J connectivity index is 2.27. The highest BCUT2D eigenvalue weighted by atomic mass is 16.5. The lowest BCUT2D eigenvalue weighted by Crippen LogP contribution is -2.62. The minimum atomic E-state index is 0.232. The lowest BCUT2D eigenvalue weighted by Gasteiger charge is -2.46. The quantitative estimate of drug-likeness (QED) is 0.680. The summed E-state index contributed by atoms with van der Waals surface area (Å²) < 4.78 is 10.5. The van der Waals surface area contributed by atoms with Crippen LogP contribution in [0, 0.1) is 0 Å². The van der Waals surface area contributed by atoms with Gasteiger partial charge in [-0.3, -0.25) is 4.90 Å². The Hall–Kier alpha value is -0.160. The molecule has 17 heavy (non-hydrogen) atoms. The largest absolute Gasteiger partial charge is 0.382 e. The van der Waals surface area contributed by atoms with Crippen molar-refractivity contribution < 1.29 is 9.47 Å². The molecule has 1 aliphatic heterocycles. The van der Waals surface area contributed by atoms with Gasteiger partial charge in [-0.05, 0) is 20.3 Å². The van der Waals surface area contributed by atoms with Gasteiger partial charge >= 0.3 is 0 Å². The molecule has 1 heterocycles. The van der Waals surface area contributed by atoms with Crippen molar-refractivity contribution in [3.63, 3.8) is 0 Å². The van der Waals surface area contributed by atoms with E-state index in [4.69, 9.17) is 9.47 Å². The molecular formula is C13H28N2O2. The number of methoxy groups -OCH3 is 1. The first-order valence-corrected chi connectivity index (χ1v) is 6.65. The van der Waals surface area contributed by atoms with Crippen LogP contribution in [0.1, 0.15) is 27.2 Å². The van der Waals surface area contributed by atoms with E-state index in [-0.39, 0.29) is 5.54 Å². The van der Waals surface area contributed by atoms with E-state index >= 15 is 0 Å². The number of rotatable bonds is 7. The molecule has 1 aliphatic rings. The fraction of sp³-hybridized carbons (Fsp3) is 1.00. The minimum Gasteiger partial charge on any atom is -0.382 e. The molecule has 0 bridgehead atoms. The summed E-state index contributed by atoms with van der Waals surface area (Å²) in [6, 6.07) is 0.627. The van der Waals surface area contributed by atoms with E-state index in [1.165, 1.54) is 6.42 Å². The molecular weight excluding hydrogens is 216 g/mol. The fourth-order valence-corrected chi connectivity index (χ4v) is 2.17. The van der Waals surface area contributed by atoms with Crippen LogP contribution in [0.25, 0.3) is 0 Å². The predicted molar refractivity (Wildman–Crippen MR) is 70.4 cm³/mol. The molecule has 0 amide bonds. The number of nitrogens with one attached hydrogen (secondary N) is 1. The first-order valence-electron chi connectivity index (χ1n) is 6.65. The molecule has 0 aromatic carbocycles. The Kier molecular flexibility index (Phi) is 6.41. The first kappa shape index (κ1) is 14.9. The summed E-state index contributed by atoms with van der Waals surface area (Å²) in [5, 5.41) is 3.60. The summed E-state index contributed by atoms with van der Waals surface area (Å²) in [6.07, 6.45) is 1.19. The van der Waals surface area contributed by atoms with Gasteiger partial charge in [0.25, 0.3) is 0 Å². The summed E-state index contributed by atoms with van der Waals surface area (Å²) in [5.41, 5.74) is 0.232. The van der Waals surface area contributed by atoms with Crippen molar-refractivity contribution in [3.05, 3.63) is 0 Å². The van der Waals surface area contributed by atoms with E-state index < -0.39 is 0 Å². The van der Waals surface area contributed by atoms with Crippen molar-refractivity contribution in [2.24, 2.45) is 0 Å². The lowest BCUT2D eigenvalue weighted by atomic mass is 9.96. The molecule has 1 unspecified atom stereocenters. The summed E-state index contributed by atoms with van der Waals surface area (Å²) in [4.78, 5) is 2.53. The number of piperazine rings is 1. The smallest absolute Gasteiger partial charge is 0.0700 e. The molecule has 1 atom stereocenters. The second kappa shape index (κ2) is 7.31. The molecule has 1 saturated heterocycles. The van der Waals surface area contributed by atoms with Crippen LogP contribution in [0.3, 0.4) is 0 Å². The van der Waals surface area contributed by atoms with Crippen molar-refractivity contribution in [2.75, 3.05) is 46.6 Å². The van der Waals surface area contributed by atoms with Gasteiger partial charge in [0.05, 0.1) is 19.8 Å². The third-order valence-corrected chi connectivity index (χ3v) is 3.55. The summed E-state index contributed by atoms with van der Waals surface area (Å²) >= 11 is 0. The van der Waals surface area contributed by atoms with Crippen LogP contribution < -0.4 is 5.32 Å². The maximum atomic E-state index is 5.55. The Morgan fingerprint density at radius 2 is 2.06 bits per heavy atom. The van der Waals surface area contributed by atoms with E-state index in [0.717, 1.165) is 26.2 Å². The fourth-order valence-electron chi connectivity index (χ4n) is 2.17. The topological polar surface area (TPSA) is 33.7 Å². The van der Waals surface area contributed by atoms with E-state index in [2.05, 4.69) is 31.0 Å². The van der Waals surface area contributed by atoms with Crippen molar-refractivity contribution in [2.45, 2.75) is 38.8 Å². The number of hydrogen-bond donors (Lipinski definition) is 1. The highest BCUT2D eigenvalue weighted by Gasteiger charge is 2.32. The van der Waals surface area contributed by atoms with Gasteiger partial charge in [0.1, 0.15) is 0 Å². The zero-order valence-electron chi connectivity index (χ0n) is 11.8. The molecule has 0 aromatic heterocycles. The van der Waals surface area contributed by atoms with Crippen LogP contribution in [0.15, 0.2) is 0 Å². The minimum absolute atomic E-state index is 0.232. The van der Waals surface area contributed by atoms with Crippen LogP contribution in [-0.4, -0.2) is 63.0 Å².